The lowest BCUT2D eigenvalue weighted by Crippen LogP contribution is -2.46. The van der Waals surface area contributed by atoms with Crippen LogP contribution in [0.2, 0.25) is 5.02 Å². The monoisotopic (exact) mass is 413 g/mol. The molecule has 0 atom stereocenters. The van der Waals surface area contributed by atoms with Crippen LogP contribution in [0, 0.1) is 0 Å². The summed E-state index contributed by atoms with van der Waals surface area (Å²) in [7, 11) is 1.70. The van der Waals surface area contributed by atoms with E-state index in [1.54, 1.807) is 18.4 Å². The second-order valence-corrected chi connectivity index (χ2v) is 8.38. The van der Waals surface area contributed by atoms with Crippen LogP contribution in [-0.2, 0) is 13.0 Å². The number of ether oxygens (including phenoxy) is 1. The minimum Gasteiger partial charge on any atom is -0.497 e. The van der Waals surface area contributed by atoms with Gasteiger partial charge in [-0.3, -0.25) is 4.90 Å². The molecule has 4 nitrogen and oxygen atoms in total. The normalized spacial score (nSPS) is 15.0. The molecule has 0 amide bonds. The average molecular weight is 414 g/mol. The summed E-state index contributed by atoms with van der Waals surface area (Å²) in [6.07, 6.45) is 0.868. The van der Waals surface area contributed by atoms with Crippen LogP contribution in [0.5, 0.6) is 5.75 Å². The van der Waals surface area contributed by atoms with E-state index >= 15 is 0 Å². The minimum atomic E-state index is 0.775. The van der Waals surface area contributed by atoms with Gasteiger partial charge < -0.3 is 9.64 Å². The second kappa shape index (κ2) is 8.95. The molecule has 0 spiro atoms. The standard InChI is InChI=1S/C22H24ClN3OS/c1-27-21-8-6-20(7-9-21)26-12-10-25(11-13-26)15-19-16-28-22(24-19)14-17-2-4-18(23)5-3-17/h2-9,16H,10-15H2,1H3. The van der Waals surface area contributed by atoms with Crippen molar-refractivity contribution in [3.8, 4) is 5.75 Å². The molecule has 3 aromatic rings. The van der Waals surface area contributed by atoms with Crippen molar-refractivity contribution in [3.05, 3.63) is 75.2 Å². The first kappa shape index (κ1) is 19.2. The van der Waals surface area contributed by atoms with Crippen molar-refractivity contribution < 1.29 is 4.74 Å². The molecule has 4 rings (SSSR count). The molecular weight excluding hydrogens is 390 g/mol. The van der Waals surface area contributed by atoms with Crippen LogP contribution in [0.1, 0.15) is 16.3 Å². The topological polar surface area (TPSA) is 28.6 Å². The number of aromatic nitrogens is 1. The highest BCUT2D eigenvalue weighted by molar-refractivity contribution is 7.09. The van der Waals surface area contributed by atoms with Gasteiger partial charge in [0.05, 0.1) is 17.8 Å². The predicted molar refractivity (Wildman–Crippen MR) is 117 cm³/mol. The number of halogens is 1. The lowest BCUT2D eigenvalue weighted by molar-refractivity contribution is 0.247. The molecule has 0 saturated carbocycles. The van der Waals surface area contributed by atoms with Gasteiger partial charge in [-0.1, -0.05) is 23.7 Å². The Kier molecular flexibility index (Phi) is 6.15. The molecule has 1 saturated heterocycles. The van der Waals surface area contributed by atoms with Crippen LogP contribution < -0.4 is 9.64 Å². The van der Waals surface area contributed by atoms with E-state index in [2.05, 4.69) is 39.4 Å². The third-order valence-corrected chi connectivity index (χ3v) is 6.21. The van der Waals surface area contributed by atoms with E-state index < -0.39 is 0 Å². The Hall–Kier alpha value is -2.08. The van der Waals surface area contributed by atoms with Crippen molar-refractivity contribution in [1.82, 2.24) is 9.88 Å². The van der Waals surface area contributed by atoms with E-state index in [9.17, 15) is 0 Å². The zero-order valence-electron chi connectivity index (χ0n) is 16.0. The van der Waals surface area contributed by atoms with Crippen LogP contribution >= 0.6 is 22.9 Å². The first-order valence-electron chi connectivity index (χ1n) is 9.49. The molecule has 1 aromatic heterocycles. The predicted octanol–water partition coefficient (Wildman–Crippen LogP) is 4.72. The lowest BCUT2D eigenvalue weighted by atomic mass is 10.2. The Balaban J connectivity index is 1.29. The number of methoxy groups -OCH3 is 1. The zero-order valence-corrected chi connectivity index (χ0v) is 17.5. The lowest BCUT2D eigenvalue weighted by Gasteiger charge is -2.35. The van der Waals surface area contributed by atoms with Crippen LogP contribution in [0.3, 0.4) is 0 Å². The van der Waals surface area contributed by atoms with E-state index in [4.69, 9.17) is 21.3 Å². The fourth-order valence-electron chi connectivity index (χ4n) is 3.47. The fraction of sp³-hybridized carbons (Fsp3) is 0.318. The number of benzene rings is 2. The van der Waals surface area contributed by atoms with Gasteiger partial charge in [0.2, 0.25) is 0 Å². The molecular formula is C22H24ClN3OS. The molecule has 1 fully saturated rings. The van der Waals surface area contributed by atoms with Crippen molar-refractivity contribution in [2.75, 3.05) is 38.2 Å². The molecule has 2 heterocycles. The van der Waals surface area contributed by atoms with Gasteiger partial charge in [0.15, 0.2) is 0 Å². The first-order chi connectivity index (χ1) is 13.7. The summed E-state index contributed by atoms with van der Waals surface area (Å²) in [5.74, 6) is 0.903. The summed E-state index contributed by atoms with van der Waals surface area (Å²) in [6, 6.07) is 16.3. The highest BCUT2D eigenvalue weighted by atomic mass is 35.5. The molecule has 146 valence electrons. The van der Waals surface area contributed by atoms with Gasteiger partial charge in [0, 0.05) is 55.2 Å². The van der Waals surface area contributed by atoms with Crippen molar-refractivity contribution in [2.24, 2.45) is 0 Å². The Bertz CT molecular complexity index is 887. The Morgan fingerprint density at radius 3 is 2.39 bits per heavy atom. The maximum Gasteiger partial charge on any atom is 0.119 e. The first-order valence-corrected chi connectivity index (χ1v) is 10.7. The number of hydrogen-bond acceptors (Lipinski definition) is 5. The van der Waals surface area contributed by atoms with Gasteiger partial charge in [-0.2, -0.15) is 0 Å². The molecule has 0 bridgehead atoms. The van der Waals surface area contributed by atoms with E-state index in [1.807, 2.05) is 24.3 Å². The van der Waals surface area contributed by atoms with Gasteiger partial charge in [-0.15, -0.1) is 11.3 Å². The quantitative estimate of drug-likeness (QED) is 0.584. The summed E-state index contributed by atoms with van der Waals surface area (Å²) in [5.41, 5.74) is 3.68. The summed E-state index contributed by atoms with van der Waals surface area (Å²) < 4.78 is 5.25. The number of rotatable bonds is 6. The minimum absolute atomic E-state index is 0.775. The van der Waals surface area contributed by atoms with Crippen LogP contribution in [-0.4, -0.2) is 43.2 Å². The molecule has 2 aromatic carbocycles. The number of hydrogen-bond donors (Lipinski definition) is 0. The van der Waals surface area contributed by atoms with Crippen molar-refractivity contribution in [1.29, 1.82) is 0 Å². The molecule has 0 unspecified atom stereocenters. The van der Waals surface area contributed by atoms with E-state index in [-0.39, 0.29) is 0 Å². The van der Waals surface area contributed by atoms with Crippen molar-refractivity contribution >= 4 is 28.6 Å². The Morgan fingerprint density at radius 2 is 1.71 bits per heavy atom. The van der Waals surface area contributed by atoms with E-state index in [1.165, 1.54) is 16.9 Å². The number of thiazole rings is 1. The SMILES string of the molecule is COc1ccc(N2CCN(Cc3csc(Cc4ccc(Cl)cc4)n3)CC2)cc1. The van der Waals surface area contributed by atoms with Crippen molar-refractivity contribution in [3.63, 3.8) is 0 Å². The smallest absolute Gasteiger partial charge is 0.119 e. The molecule has 0 aliphatic carbocycles. The average Bonchev–Trinajstić information content (AvgIpc) is 3.17. The molecule has 1 aliphatic heterocycles. The highest BCUT2D eigenvalue weighted by Gasteiger charge is 2.18. The molecule has 0 N–H and O–H groups in total. The summed E-state index contributed by atoms with van der Waals surface area (Å²) in [4.78, 5) is 9.76. The van der Waals surface area contributed by atoms with E-state index in [0.717, 1.165) is 54.9 Å². The highest BCUT2D eigenvalue weighted by Crippen LogP contribution is 2.22. The van der Waals surface area contributed by atoms with E-state index in [0.29, 0.717) is 0 Å². The molecule has 28 heavy (non-hydrogen) atoms. The van der Waals surface area contributed by atoms with Gasteiger partial charge in [-0.25, -0.2) is 4.98 Å². The van der Waals surface area contributed by atoms with Crippen molar-refractivity contribution in [2.45, 2.75) is 13.0 Å². The summed E-state index contributed by atoms with van der Waals surface area (Å²) in [5, 5.41) is 4.13. The fourth-order valence-corrected chi connectivity index (χ4v) is 4.41. The zero-order chi connectivity index (χ0) is 19.3. The van der Waals surface area contributed by atoms with Gasteiger partial charge in [0.25, 0.3) is 0 Å². The Labute approximate surface area is 175 Å². The van der Waals surface area contributed by atoms with Gasteiger partial charge in [-0.05, 0) is 42.0 Å². The number of nitrogens with zero attached hydrogens (tertiary/aromatic N) is 3. The molecule has 1 aliphatic rings. The van der Waals surface area contributed by atoms with Crippen LogP contribution in [0.15, 0.2) is 53.9 Å². The van der Waals surface area contributed by atoms with Crippen LogP contribution in [0.25, 0.3) is 0 Å². The number of piperazine rings is 1. The van der Waals surface area contributed by atoms with Gasteiger partial charge >= 0.3 is 0 Å². The summed E-state index contributed by atoms with van der Waals surface area (Å²) in [6.45, 7) is 5.10. The van der Waals surface area contributed by atoms with Crippen LogP contribution in [0.4, 0.5) is 5.69 Å². The maximum absolute atomic E-state index is 5.96. The third-order valence-electron chi connectivity index (χ3n) is 5.06. The second-order valence-electron chi connectivity index (χ2n) is 7.00. The third kappa shape index (κ3) is 4.85. The summed E-state index contributed by atoms with van der Waals surface area (Å²) >= 11 is 7.71. The number of anilines is 1. The molecule has 6 heteroatoms. The largest absolute Gasteiger partial charge is 0.497 e. The van der Waals surface area contributed by atoms with Gasteiger partial charge in [0.1, 0.15) is 5.75 Å². The molecule has 0 radical (unpaired) electrons. The maximum atomic E-state index is 5.96. The Morgan fingerprint density at radius 1 is 1.00 bits per heavy atom.